The van der Waals surface area contributed by atoms with Gasteiger partial charge >= 0.3 is 0 Å². The van der Waals surface area contributed by atoms with E-state index in [0.717, 1.165) is 24.0 Å². The second-order valence-electron chi connectivity index (χ2n) is 8.85. The normalized spacial score (nSPS) is 21.8. The summed E-state index contributed by atoms with van der Waals surface area (Å²) in [5.41, 5.74) is 1.97. The summed E-state index contributed by atoms with van der Waals surface area (Å²) in [6.45, 7) is 4.53. The molecule has 1 fully saturated rings. The Morgan fingerprint density at radius 3 is 2.41 bits per heavy atom. The van der Waals surface area contributed by atoms with Gasteiger partial charge in [0.15, 0.2) is 11.5 Å². The van der Waals surface area contributed by atoms with Crippen LogP contribution < -0.4 is 9.47 Å². The Hall–Kier alpha value is -2.58. The van der Waals surface area contributed by atoms with E-state index in [1.54, 1.807) is 6.07 Å². The van der Waals surface area contributed by atoms with E-state index in [4.69, 9.17) is 9.47 Å². The summed E-state index contributed by atoms with van der Waals surface area (Å²) < 4.78 is 40.1. The van der Waals surface area contributed by atoms with E-state index in [1.807, 2.05) is 29.2 Å². The number of carbonyl (C=O) groups is 1. The Labute approximate surface area is 189 Å². The third-order valence-corrected chi connectivity index (χ3v) is 8.56. The third-order valence-electron chi connectivity index (χ3n) is 6.71. The molecular weight excluding hydrogens is 428 g/mol. The Morgan fingerprint density at radius 2 is 1.66 bits per heavy atom. The summed E-state index contributed by atoms with van der Waals surface area (Å²) in [6.07, 6.45) is 2.28. The van der Waals surface area contributed by atoms with Crippen molar-refractivity contribution in [3.63, 3.8) is 0 Å². The molecule has 2 aromatic rings. The number of carbonyl (C=O) groups excluding carboxylic acids is 1. The monoisotopic (exact) mass is 456 g/mol. The van der Waals surface area contributed by atoms with Gasteiger partial charge in [0.05, 0.1) is 4.90 Å². The van der Waals surface area contributed by atoms with E-state index in [0.29, 0.717) is 50.1 Å². The first-order valence-electron chi connectivity index (χ1n) is 11.2. The summed E-state index contributed by atoms with van der Waals surface area (Å²) in [4.78, 5) is 15.5. The molecule has 0 aliphatic carbocycles. The van der Waals surface area contributed by atoms with Gasteiger partial charge in [-0.1, -0.05) is 31.2 Å². The third kappa shape index (κ3) is 3.86. The molecule has 8 heteroatoms. The van der Waals surface area contributed by atoms with Crippen LogP contribution in [0.1, 0.15) is 30.9 Å². The molecule has 5 rings (SSSR count). The average Bonchev–Trinajstić information content (AvgIpc) is 2.83. The minimum absolute atomic E-state index is 0.104. The number of amides is 1. The molecule has 1 unspecified atom stereocenters. The second kappa shape index (κ2) is 8.41. The number of likely N-dealkylation sites (tertiary alicyclic amines) is 1. The first-order chi connectivity index (χ1) is 15.4. The quantitative estimate of drug-likeness (QED) is 0.710. The molecule has 3 aliphatic heterocycles. The zero-order valence-corrected chi connectivity index (χ0v) is 19.0. The summed E-state index contributed by atoms with van der Waals surface area (Å²) in [6, 6.07) is 11.7. The number of benzene rings is 2. The molecule has 7 nitrogen and oxygen atoms in total. The zero-order chi connectivity index (χ0) is 22.3. The average molecular weight is 457 g/mol. The first-order valence-corrected chi connectivity index (χ1v) is 12.6. The number of piperidine rings is 1. The van der Waals surface area contributed by atoms with Crippen molar-refractivity contribution in [1.29, 1.82) is 0 Å². The van der Waals surface area contributed by atoms with Crippen LogP contribution in [0, 0.1) is 5.92 Å². The summed E-state index contributed by atoms with van der Waals surface area (Å²) in [5, 5.41) is 0. The predicted molar refractivity (Wildman–Crippen MR) is 119 cm³/mol. The molecule has 1 saturated heterocycles. The zero-order valence-electron chi connectivity index (χ0n) is 18.2. The molecule has 32 heavy (non-hydrogen) atoms. The van der Waals surface area contributed by atoms with Crippen LogP contribution in [0.15, 0.2) is 47.4 Å². The molecule has 170 valence electrons. The van der Waals surface area contributed by atoms with Crippen LogP contribution in [-0.2, 0) is 27.8 Å². The number of hydrogen-bond acceptors (Lipinski definition) is 5. The van der Waals surface area contributed by atoms with Crippen LogP contribution in [0.4, 0.5) is 0 Å². The van der Waals surface area contributed by atoms with E-state index >= 15 is 0 Å². The Balaban J connectivity index is 1.51. The van der Waals surface area contributed by atoms with E-state index < -0.39 is 16.1 Å². The van der Waals surface area contributed by atoms with E-state index in [-0.39, 0.29) is 17.3 Å². The number of ether oxygens (including phenoxy) is 2. The van der Waals surface area contributed by atoms with Crippen molar-refractivity contribution >= 4 is 15.9 Å². The molecule has 1 amide bonds. The van der Waals surface area contributed by atoms with Crippen LogP contribution in [0.3, 0.4) is 0 Å². The molecule has 0 spiro atoms. The molecule has 1 atom stereocenters. The highest BCUT2D eigenvalue weighted by molar-refractivity contribution is 7.89. The molecule has 0 bridgehead atoms. The lowest BCUT2D eigenvalue weighted by Gasteiger charge is -2.39. The van der Waals surface area contributed by atoms with Gasteiger partial charge in [0.1, 0.15) is 19.3 Å². The minimum atomic E-state index is -3.93. The highest BCUT2D eigenvalue weighted by atomic mass is 32.2. The predicted octanol–water partition coefficient (Wildman–Crippen LogP) is 2.83. The highest BCUT2D eigenvalue weighted by Gasteiger charge is 2.42. The molecule has 3 heterocycles. The number of rotatable bonds is 3. The fourth-order valence-corrected chi connectivity index (χ4v) is 6.30. The number of nitrogens with zero attached hydrogens (tertiary/aromatic N) is 2. The molecule has 3 aliphatic rings. The van der Waals surface area contributed by atoms with Crippen LogP contribution in [-0.4, -0.2) is 55.9 Å². The van der Waals surface area contributed by atoms with Crippen molar-refractivity contribution in [2.24, 2.45) is 5.92 Å². The number of fused-ring (bicyclic) bond motifs is 2. The molecule has 2 aromatic carbocycles. The Kier molecular flexibility index (Phi) is 5.59. The molecule has 0 saturated carbocycles. The van der Waals surface area contributed by atoms with Gasteiger partial charge in [-0.25, -0.2) is 8.42 Å². The topological polar surface area (TPSA) is 76.2 Å². The van der Waals surface area contributed by atoms with Crippen molar-refractivity contribution in [1.82, 2.24) is 9.21 Å². The lowest BCUT2D eigenvalue weighted by atomic mass is 9.93. The number of hydrogen-bond donors (Lipinski definition) is 0. The van der Waals surface area contributed by atoms with Crippen LogP contribution in [0.2, 0.25) is 0 Å². The Bertz CT molecular complexity index is 1120. The van der Waals surface area contributed by atoms with Gasteiger partial charge in [-0.05, 0) is 48.4 Å². The lowest BCUT2D eigenvalue weighted by molar-refractivity contribution is -0.137. The first kappa shape index (κ1) is 21.3. The van der Waals surface area contributed by atoms with E-state index in [1.165, 1.54) is 16.4 Å². The summed E-state index contributed by atoms with van der Waals surface area (Å²) >= 11 is 0. The van der Waals surface area contributed by atoms with Gasteiger partial charge in [-0.15, -0.1) is 0 Å². The van der Waals surface area contributed by atoms with Crippen molar-refractivity contribution in [3.05, 3.63) is 53.6 Å². The van der Waals surface area contributed by atoms with Crippen LogP contribution >= 0.6 is 0 Å². The van der Waals surface area contributed by atoms with E-state index in [9.17, 15) is 13.2 Å². The summed E-state index contributed by atoms with van der Waals surface area (Å²) in [7, 11) is -3.93. The van der Waals surface area contributed by atoms with Crippen LogP contribution in [0.25, 0.3) is 0 Å². The molecule has 0 radical (unpaired) electrons. The van der Waals surface area contributed by atoms with Gasteiger partial charge in [-0.3, -0.25) is 4.79 Å². The SMILES string of the molecule is CC1CCN(C(=O)C2Cc3ccccc3CN2S(=O)(=O)c2ccc3c(c2)OCCO3)CC1. The van der Waals surface area contributed by atoms with Gasteiger partial charge < -0.3 is 14.4 Å². The Morgan fingerprint density at radius 1 is 0.969 bits per heavy atom. The molecular formula is C24H28N2O5S. The maximum Gasteiger partial charge on any atom is 0.244 e. The van der Waals surface area contributed by atoms with Gasteiger partial charge in [0, 0.05) is 25.7 Å². The number of sulfonamides is 1. The van der Waals surface area contributed by atoms with Crippen molar-refractivity contribution in [2.45, 2.75) is 43.7 Å². The van der Waals surface area contributed by atoms with Gasteiger partial charge in [0.25, 0.3) is 0 Å². The molecule has 0 aromatic heterocycles. The van der Waals surface area contributed by atoms with Gasteiger partial charge in [-0.2, -0.15) is 4.31 Å². The maximum atomic E-state index is 13.8. The fraction of sp³-hybridized carbons (Fsp3) is 0.458. The largest absolute Gasteiger partial charge is 0.486 e. The van der Waals surface area contributed by atoms with Crippen LogP contribution in [0.5, 0.6) is 11.5 Å². The second-order valence-corrected chi connectivity index (χ2v) is 10.7. The molecule has 0 N–H and O–H groups in total. The standard InChI is InChI=1S/C24H28N2O5S/c1-17-8-10-25(11-9-17)24(27)21-14-18-4-2-3-5-19(18)16-26(21)32(28,29)20-6-7-22-23(15-20)31-13-12-30-22/h2-7,15,17,21H,8-14,16H2,1H3. The minimum Gasteiger partial charge on any atom is -0.486 e. The van der Waals surface area contributed by atoms with Crippen molar-refractivity contribution in [3.8, 4) is 11.5 Å². The smallest absolute Gasteiger partial charge is 0.244 e. The maximum absolute atomic E-state index is 13.8. The highest BCUT2D eigenvalue weighted by Crippen LogP contribution is 2.36. The van der Waals surface area contributed by atoms with Crippen molar-refractivity contribution in [2.75, 3.05) is 26.3 Å². The van der Waals surface area contributed by atoms with E-state index in [2.05, 4.69) is 6.92 Å². The van der Waals surface area contributed by atoms with Crippen molar-refractivity contribution < 1.29 is 22.7 Å². The summed E-state index contributed by atoms with van der Waals surface area (Å²) in [5.74, 6) is 1.44. The fourth-order valence-electron chi connectivity index (χ4n) is 4.72. The van der Waals surface area contributed by atoms with Gasteiger partial charge in [0.2, 0.25) is 15.9 Å². The lowest BCUT2D eigenvalue weighted by Crippen LogP contribution is -2.54.